The van der Waals surface area contributed by atoms with Crippen molar-refractivity contribution in [1.82, 2.24) is 0 Å². The molecule has 0 aliphatic carbocycles. The summed E-state index contributed by atoms with van der Waals surface area (Å²) in [6.07, 6.45) is 19.2. The third-order valence-corrected chi connectivity index (χ3v) is 8.48. The molecule has 0 atom stereocenters. The Hall–Kier alpha value is -3.82. The van der Waals surface area contributed by atoms with E-state index in [1.165, 1.54) is 25.7 Å². The maximum Gasteiger partial charge on any atom is 0.205 e. The van der Waals surface area contributed by atoms with Crippen LogP contribution in [0.5, 0.6) is 23.0 Å². The SMILES string of the molecule is CCCCCCOc1ccc(/C=C/c2cc[n+](CCCS(=O)(=O)[O-])c(/C=C/c3ccc(OCCCCCC)c(OC)c3)c2)cc1OC. The molecule has 1 aromatic heterocycles. The van der Waals surface area contributed by atoms with Crippen LogP contribution in [0.2, 0.25) is 0 Å². The van der Waals surface area contributed by atoms with Crippen molar-refractivity contribution in [3.63, 3.8) is 0 Å². The number of hydrogen-bond acceptors (Lipinski definition) is 7. The van der Waals surface area contributed by atoms with Crippen LogP contribution in [0.15, 0.2) is 54.7 Å². The van der Waals surface area contributed by atoms with Crippen molar-refractivity contribution >= 4 is 34.4 Å². The molecule has 1 heterocycles. The van der Waals surface area contributed by atoms with Crippen molar-refractivity contribution in [2.45, 2.75) is 78.2 Å². The first kappa shape index (κ1) is 37.6. The molecule has 0 aliphatic rings. The molecule has 2 aromatic carbocycles. The monoisotopic (exact) mass is 665 g/mol. The average molecular weight is 666 g/mol. The highest BCUT2D eigenvalue weighted by Gasteiger charge is 2.11. The van der Waals surface area contributed by atoms with Crippen molar-refractivity contribution in [2.75, 3.05) is 33.2 Å². The lowest BCUT2D eigenvalue weighted by Crippen LogP contribution is -2.37. The molecule has 0 fully saturated rings. The lowest BCUT2D eigenvalue weighted by Gasteiger charge is -2.11. The average Bonchev–Trinajstić information content (AvgIpc) is 3.06. The van der Waals surface area contributed by atoms with Crippen LogP contribution < -0.4 is 23.5 Å². The molecule has 47 heavy (non-hydrogen) atoms. The lowest BCUT2D eigenvalue weighted by molar-refractivity contribution is -0.698. The molecular formula is C38H51NO7S. The van der Waals surface area contributed by atoms with E-state index in [-0.39, 0.29) is 6.42 Å². The number of rotatable bonds is 22. The number of hydrogen-bond donors (Lipinski definition) is 0. The first-order valence-electron chi connectivity index (χ1n) is 16.7. The van der Waals surface area contributed by atoms with Gasteiger partial charge in [-0.3, -0.25) is 0 Å². The Bertz CT molecular complexity index is 1550. The smallest absolute Gasteiger partial charge is 0.205 e. The van der Waals surface area contributed by atoms with Crippen LogP contribution >= 0.6 is 0 Å². The molecule has 0 amide bonds. The second-order valence-electron chi connectivity index (χ2n) is 11.5. The summed E-state index contributed by atoms with van der Waals surface area (Å²) in [5.41, 5.74) is 3.70. The second kappa shape index (κ2) is 20.4. The fourth-order valence-corrected chi connectivity index (χ4v) is 5.52. The molecule has 0 radical (unpaired) electrons. The molecule has 0 aliphatic heterocycles. The predicted octanol–water partition coefficient (Wildman–Crippen LogP) is 8.19. The van der Waals surface area contributed by atoms with Crippen molar-refractivity contribution in [3.8, 4) is 23.0 Å². The van der Waals surface area contributed by atoms with Crippen LogP contribution in [-0.4, -0.2) is 46.2 Å². The van der Waals surface area contributed by atoms with Gasteiger partial charge in [-0.25, -0.2) is 8.42 Å². The highest BCUT2D eigenvalue weighted by molar-refractivity contribution is 7.85. The molecule has 0 unspecified atom stereocenters. The van der Waals surface area contributed by atoms with E-state index in [2.05, 4.69) is 13.8 Å². The Morgan fingerprint density at radius 2 is 1.15 bits per heavy atom. The Kier molecular flexibility index (Phi) is 16.4. The van der Waals surface area contributed by atoms with Crippen LogP contribution in [0.1, 0.15) is 94.0 Å². The minimum atomic E-state index is -4.29. The van der Waals surface area contributed by atoms with E-state index in [1.54, 1.807) is 14.2 Å². The first-order chi connectivity index (χ1) is 22.8. The molecule has 256 valence electrons. The quantitative estimate of drug-likeness (QED) is 0.0606. The van der Waals surface area contributed by atoms with Crippen molar-refractivity contribution in [2.24, 2.45) is 0 Å². The zero-order valence-corrected chi connectivity index (χ0v) is 29.2. The van der Waals surface area contributed by atoms with E-state index in [0.717, 1.165) is 53.8 Å². The van der Waals surface area contributed by atoms with Crippen LogP contribution in [0, 0.1) is 0 Å². The molecular weight excluding hydrogens is 614 g/mol. The summed E-state index contributed by atoms with van der Waals surface area (Å²) in [5, 5.41) is 0. The topological polar surface area (TPSA) is 98.0 Å². The van der Waals surface area contributed by atoms with Crippen LogP contribution in [-0.2, 0) is 16.7 Å². The lowest BCUT2D eigenvalue weighted by atomic mass is 10.1. The summed E-state index contributed by atoms with van der Waals surface area (Å²) in [6, 6.07) is 15.7. The van der Waals surface area contributed by atoms with E-state index >= 15 is 0 Å². The Labute approximate surface area is 281 Å². The number of benzene rings is 2. The molecule has 3 rings (SSSR count). The van der Waals surface area contributed by atoms with E-state index in [0.29, 0.717) is 37.0 Å². The number of aryl methyl sites for hydroxylation is 1. The van der Waals surface area contributed by atoms with Gasteiger partial charge < -0.3 is 23.5 Å². The molecule has 0 saturated carbocycles. The highest BCUT2D eigenvalue weighted by Crippen LogP contribution is 2.30. The van der Waals surface area contributed by atoms with Gasteiger partial charge in [0.15, 0.2) is 29.2 Å². The number of nitrogens with zero attached hydrogens (tertiary/aromatic N) is 1. The number of ether oxygens (including phenoxy) is 4. The minimum Gasteiger partial charge on any atom is -0.748 e. The summed E-state index contributed by atoms with van der Waals surface area (Å²) in [6.45, 7) is 6.07. The van der Waals surface area contributed by atoms with Gasteiger partial charge in [-0.1, -0.05) is 76.7 Å². The van der Waals surface area contributed by atoms with Gasteiger partial charge in [-0.15, -0.1) is 0 Å². The predicted molar refractivity (Wildman–Crippen MR) is 189 cm³/mol. The largest absolute Gasteiger partial charge is 0.748 e. The Balaban J connectivity index is 1.79. The van der Waals surface area contributed by atoms with E-state index < -0.39 is 15.9 Å². The molecule has 3 aromatic rings. The third kappa shape index (κ3) is 13.8. The summed E-state index contributed by atoms with van der Waals surface area (Å²) < 4.78 is 58.7. The first-order valence-corrected chi connectivity index (χ1v) is 18.3. The maximum absolute atomic E-state index is 11.2. The zero-order chi connectivity index (χ0) is 33.9. The van der Waals surface area contributed by atoms with Crippen LogP contribution in [0.4, 0.5) is 0 Å². The van der Waals surface area contributed by atoms with Gasteiger partial charge in [0.05, 0.1) is 37.6 Å². The fraction of sp³-hybridized carbons (Fsp3) is 0.447. The summed E-state index contributed by atoms with van der Waals surface area (Å²) in [7, 11) is -1.02. The van der Waals surface area contributed by atoms with Crippen molar-refractivity contribution in [3.05, 3.63) is 77.1 Å². The zero-order valence-electron chi connectivity index (χ0n) is 28.4. The van der Waals surface area contributed by atoms with E-state index in [1.807, 2.05) is 83.6 Å². The van der Waals surface area contributed by atoms with Crippen molar-refractivity contribution < 1.29 is 36.5 Å². The van der Waals surface area contributed by atoms with Gasteiger partial charge in [-0.05, 0) is 59.9 Å². The third-order valence-electron chi connectivity index (χ3n) is 7.69. The number of aromatic nitrogens is 1. The van der Waals surface area contributed by atoms with Gasteiger partial charge in [0.2, 0.25) is 5.69 Å². The normalized spacial score (nSPS) is 11.8. The molecule has 8 nitrogen and oxygen atoms in total. The number of pyridine rings is 1. The molecule has 0 saturated heterocycles. The standard InChI is InChI=1S/C38H51NO7S/c1-5-7-9-11-25-45-35-20-17-31(29-37(35)43-3)14-15-33-22-24-39(23-13-27-47(40,41)42)34(28-33)19-16-32-18-21-36(38(30-32)44-4)46-26-12-10-8-6-2/h14-22,24,28-30H,5-13,23,25-27H2,1-4H3/b15-14+,19-16+. The van der Waals surface area contributed by atoms with Gasteiger partial charge in [0.25, 0.3) is 0 Å². The molecule has 9 heteroatoms. The molecule has 0 spiro atoms. The fourth-order valence-electron chi connectivity index (χ4n) is 5.04. The number of unbranched alkanes of at least 4 members (excludes halogenated alkanes) is 6. The molecule has 0 bridgehead atoms. The maximum atomic E-state index is 11.2. The van der Waals surface area contributed by atoms with E-state index in [9.17, 15) is 13.0 Å². The minimum absolute atomic E-state index is 0.220. The Morgan fingerprint density at radius 1 is 0.638 bits per heavy atom. The van der Waals surface area contributed by atoms with Gasteiger partial charge in [-0.2, -0.15) is 4.57 Å². The summed E-state index contributed by atoms with van der Waals surface area (Å²) in [5.74, 6) is 2.38. The van der Waals surface area contributed by atoms with Crippen molar-refractivity contribution in [1.29, 1.82) is 0 Å². The summed E-state index contributed by atoms with van der Waals surface area (Å²) >= 11 is 0. The van der Waals surface area contributed by atoms with Gasteiger partial charge in [0.1, 0.15) is 6.54 Å². The van der Waals surface area contributed by atoms with Gasteiger partial charge >= 0.3 is 0 Å². The van der Waals surface area contributed by atoms with E-state index in [4.69, 9.17) is 18.9 Å². The second-order valence-corrected chi connectivity index (χ2v) is 13.0. The van der Waals surface area contributed by atoms with Crippen LogP contribution in [0.3, 0.4) is 0 Å². The summed E-state index contributed by atoms with van der Waals surface area (Å²) in [4.78, 5) is 0. The Morgan fingerprint density at radius 3 is 1.64 bits per heavy atom. The molecule has 0 N–H and O–H groups in total. The van der Waals surface area contributed by atoms with Crippen LogP contribution in [0.25, 0.3) is 24.3 Å². The number of methoxy groups -OCH3 is 2. The van der Waals surface area contributed by atoms with Gasteiger partial charge in [0, 0.05) is 30.4 Å². The highest BCUT2D eigenvalue weighted by atomic mass is 32.2.